The smallest absolute Gasteiger partial charge is 0.0713 e. The molecule has 2 rings (SSSR count). The summed E-state index contributed by atoms with van der Waals surface area (Å²) in [6.45, 7) is 1.35. The van der Waals surface area contributed by atoms with Gasteiger partial charge >= 0.3 is 0 Å². The van der Waals surface area contributed by atoms with Gasteiger partial charge in [-0.25, -0.2) is 0 Å². The normalized spacial score (nSPS) is 18.1. The monoisotopic (exact) mass is 262 g/mol. The summed E-state index contributed by atoms with van der Waals surface area (Å²) < 4.78 is 5.15. The van der Waals surface area contributed by atoms with E-state index in [0.29, 0.717) is 25.2 Å². The Kier molecular flexibility index (Phi) is 5.37. The first-order valence-electron chi connectivity index (χ1n) is 7.26. The number of hydrogen-bond donors (Lipinski definition) is 1. The molecule has 0 aliphatic heterocycles. The fourth-order valence-corrected chi connectivity index (χ4v) is 3.11. The van der Waals surface area contributed by atoms with Gasteiger partial charge in [-0.2, -0.15) is 0 Å². The van der Waals surface area contributed by atoms with Gasteiger partial charge in [-0.15, -0.1) is 0 Å². The number of hydrogen-bond acceptors (Lipinski definition) is 3. The molecule has 0 spiro atoms. The van der Waals surface area contributed by atoms with Gasteiger partial charge in [0.15, 0.2) is 0 Å². The van der Waals surface area contributed by atoms with Gasteiger partial charge in [0.1, 0.15) is 0 Å². The number of ether oxygens (including phenoxy) is 1. The Bertz CT molecular complexity index is 371. The topological polar surface area (TPSA) is 38.5 Å². The number of benzene rings is 1. The minimum atomic E-state index is 0.333. The van der Waals surface area contributed by atoms with Crippen molar-refractivity contribution in [3.8, 4) is 0 Å². The predicted octanol–water partition coefficient (Wildman–Crippen LogP) is 2.71. The number of nitrogens with two attached hydrogens (primary N) is 1. The van der Waals surface area contributed by atoms with Crippen molar-refractivity contribution < 1.29 is 4.74 Å². The molecule has 1 saturated carbocycles. The third-order valence-electron chi connectivity index (χ3n) is 4.29. The quantitative estimate of drug-likeness (QED) is 0.856. The standard InChI is InChI=1S/C16H26N2O/c1-18(15-5-3-4-6-15)16(11-17)14-9-7-13(8-10-14)12-19-2/h7-10,15-16H,3-6,11-12,17H2,1-2H3. The molecule has 1 aliphatic rings. The second-order valence-corrected chi connectivity index (χ2v) is 5.53. The molecule has 19 heavy (non-hydrogen) atoms. The van der Waals surface area contributed by atoms with E-state index in [-0.39, 0.29) is 0 Å². The molecule has 106 valence electrons. The lowest BCUT2D eigenvalue weighted by molar-refractivity contribution is 0.178. The highest BCUT2D eigenvalue weighted by atomic mass is 16.5. The lowest BCUT2D eigenvalue weighted by Crippen LogP contribution is -2.37. The van der Waals surface area contributed by atoms with Crippen LogP contribution in [-0.2, 0) is 11.3 Å². The van der Waals surface area contributed by atoms with Gasteiger partial charge < -0.3 is 10.5 Å². The zero-order chi connectivity index (χ0) is 13.7. The van der Waals surface area contributed by atoms with E-state index >= 15 is 0 Å². The minimum absolute atomic E-state index is 0.333. The van der Waals surface area contributed by atoms with Gasteiger partial charge in [-0.3, -0.25) is 4.90 Å². The highest BCUT2D eigenvalue weighted by Gasteiger charge is 2.25. The van der Waals surface area contributed by atoms with Crippen molar-refractivity contribution in [3.63, 3.8) is 0 Å². The van der Waals surface area contributed by atoms with Crippen LogP contribution >= 0.6 is 0 Å². The molecule has 0 radical (unpaired) electrons. The summed E-state index contributed by atoms with van der Waals surface area (Å²) >= 11 is 0. The van der Waals surface area contributed by atoms with E-state index in [9.17, 15) is 0 Å². The fraction of sp³-hybridized carbons (Fsp3) is 0.625. The third kappa shape index (κ3) is 3.56. The average molecular weight is 262 g/mol. The Morgan fingerprint density at radius 1 is 1.26 bits per heavy atom. The molecule has 1 unspecified atom stereocenters. The van der Waals surface area contributed by atoms with Crippen LogP contribution < -0.4 is 5.73 Å². The van der Waals surface area contributed by atoms with Crippen molar-refractivity contribution in [2.24, 2.45) is 5.73 Å². The van der Waals surface area contributed by atoms with Crippen LogP contribution in [0.4, 0.5) is 0 Å². The van der Waals surface area contributed by atoms with Gasteiger partial charge in [0.2, 0.25) is 0 Å². The van der Waals surface area contributed by atoms with Crippen LogP contribution in [0, 0.1) is 0 Å². The van der Waals surface area contributed by atoms with Crippen LogP contribution in [0.15, 0.2) is 24.3 Å². The summed E-state index contributed by atoms with van der Waals surface area (Å²) in [5, 5.41) is 0. The van der Waals surface area contributed by atoms with E-state index in [1.54, 1.807) is 7.11 Å². The second-order valence-electron chi connectivity index (χ2n) is 5.53. The maximum Gasteiger partial charge on any atom is 0.0713 e. The molecular weight excluding hydrogens is 236 g/mol. The highest BCUT2D eigenvalue weighted by molar-refractivity contribution is 5.25. The molecule has 1 aromatic rings. The molecule has 1 atom stereocenters. The predicted molar refractivity (Wildman–Crippen MR) is 79.0 cm³/mol. The first-order valence-corrected chi connectivity index (χ1v) is 7.26. The van der Waals surface area contributed by atoms with Crippen LogP contribution in [0.5, 0.6) is 0 Å². The number of rotatable bonds is 6. The zero-order valence-electron chi connectivity index (χ0n) is 12.1. The Morgan fingerprint density at radius 2 is 1.89 bits per heavy atom. The Morgan fingerprint density at radius 3 is 2.42 bits per heavy atom. The van der Waals surface area contributed by atoms with Crippen molar-refractivity contribution in [2.45, 2.75) is 44.4 Å². The van der Waals surface area contributed by atoms with Crippen molar-refractivity contribution in [2.75, 3.05) is 20.7 Å². The lowest BCUT2D eigenvalue weighted by Gasteiger charge is -2.32. The molecular formula is C16H26N2O. The molecule has 0 heterocycles. The molecule has 0 bridgehead atoms. The largest absolute Gasteiger partial charge is 0.380 e. The maximum absolute atomic E-state index is 6.00. The SMILES string of the molecule is COCc1ccc(C(CN)N(C)C2CCCC2)cc1. The zero-order valence-corrected chi connectivity index (χ0v) is 12.1. The number of methoxy groups -OCH3 is 1. The third-order valence-corrected chi connectivity index (χ3v) is 4.29. The first kappa shape index (κ1) is 14.5. The minimum Gasteiger partial charge on any atom is -0.380 e. The van der Waals surface area contributed by atoms with E-state index in [4.69, 9.17) is 10.5 Å². The van der Waals surface area contributed by atoms with Crippen molar-refractivity contribution >= 4 is 0 Å². The maximum atomic E-state index is 6.00. The molecule has 0 amide bonds. The van der Waals surface area contributed by atoms with Crippen LogP contribution in [0.3, 0.4) is 0 Å². The summed E-state index contributed by atoms with van der Waals surface area (Å²) in [6.07, 6.45) is 5.35. The van der Waals surface area contributed by atoms with Crippen LogP contribution in [0.2, 0.25) is 0 Å². The summed E-state index contributed by atoms with van der Waals surface area (Å²) in [5.41, 5.74) is 8.53. The van der Waals surface area contributed by atoms with Crippen LogP contribution in [0.25, 0.3) is 0 Å². The number of nitrogens with zero attached hydrogens (tertiary/aromatic N) is 1. The fourth-order valence-electron chi connectivity index (χ4n) is 3.11. The molecule has 3 heteroatoms. The Labute approximate surface area is 116 Å². The van der Waals surface area contributed by atoms with E-state index in [1.165, 1.54) is 36.8 Å². The van der Waals surface area contributed by atoms with Gasteiger partial charge in [0.05, 0.1) is 6.61 Å². The first-order chi connectivity index (χ1) is 9.26. The van der Waals surface area contributed by atoms with E-state index in [2.05, 4.69) is 36.2 Å². The van der Waals surface area contributed by atoms with E-state index in [0.717, 1.165) is 0 Å². The van der Waals surface area contributed by atoms with Gasteiger partial charge in [-0.05, 0) is 31.0 Å². The van der Waals surface area contributed by atoms with Crippen molar-refractivity contribution in [1.29, 1.82) is 0 Å². The molecule has 1 aliphatic carbocycles. The second kappa shape index (κ2) is 7.04. The van der Waals surface area contributed by atoms with Crippen molar-refractivity contribution in [1.82, 2.24) is 4.90 Å². The lowest BCUT2D eigenvalue weighted by atomic mass is 10.0. The van der Waals surface area contributed by atoms with Gasteiger partial charge in [0, 0.05) is 25.7 Å². The van der Waals surface area contributed by atoms with Crippen molar-refractivity contribution in [3.05, 3.63) is 35.4 Å². The van der Waals surface area contributed by atoms with E-state index < -0.39 is 0 Å². The molecule has 0 saturated heterocycles. The Balaban J connectivity index is 2.07. The van der Waals surface area contributed by atoms with Gasteiger partial charge in [0.25, 0.3) is 0 Å². The molecule has 3 nitrogen and oxygen atoms in total. The van der Waals surface area contributed by atoms with Crippen LogP contribution in [-0.4, -0.2) is 31.6 Å². The number of likely N-dealkylation sites (N-methyl/N-ethyl adjacent to an activating group) is 1. The molecule has 1 fully saturated rings. The highest BCUT2D eigenvalue weighted by Crippen LogP contribution is 2.29. The molecule has 2 N–H and O–H groups in total. The summed E-state index contributed by atoms with van der Waals surface area (Å²) in [5.74, 6) is 0. The van der Waals surface area contributed by atoms with E-state index in [1.807, 2.05) is 0 Å². The summed E-state index contributed by atoms with van der Waals surface area (Å²) in [6, 6.07) is 9.70. The summed E-state index contributed by atoms with van der Waals surface area (Å²) in [7, 11) is 3.95. The molecule has 0 aromatic heterocycles. The Hall–Kier alpha value is -0.900. The summed E-state index contributed by atoms with van der Waals surface area (Å²) in [4.78, 5) is 2.47. The molecule has 1 aromatic carbocycles. The van der Waals surface area contributed by atoms with Crippen LogP contribution in [0.1, 0.15) is 42.9 Å². The average Bonchev–Trinajstić information content (AvgIpc) is 2.96. The van der Waals surface area contributed by atoms with Gasteiger partial charge in [-0.1, -0.05) is 37.1 Å².